The Labute approximate surface area is 229 Å². The number of carbonyl (C=O) groups is 2. The van der Waals surface area contributed by atoms with Crippen LogP contribution in [-0.2, 0) is 17.8 Å². The van der Waals surface area contributed by atoms with Crippen molar-refractivity contribution in [2.45, 2.75) is 13.1 Å². The molecule has 6 rings (SSSR count). The highest BCUT2D eigenvalue weighted by Gasteiger charge is 2.14. The van der Waals surface area contributed by atoms with Gasteiger partial charge in [-0.05, 0) is 76.7 Å². The Morgan fingerprint density at radius 1 is 0.750 bits per heavy atom. The van der Waals surface area contributed by atoms with Gasteiger partial charge < -0.3 is 19.0 Å². The standard InChI is InChI=1S/C33H25FN2O4/c1-40-33(39)27-7-3-5-22(15-27)20-36-13-11-25-16-29(34)28(18-31(25)36)24-9-8-23-10-12-35(30(23)17-24)19-21-4-2-6-26(14-21)32(37)38/h2-18H,19-20H2,1H3,(H,37,38). The number of aromatic carboxylic acids is 1. The molecule has 0 bridgehead atoms. The molecule has 6 nitrogen and oxygen atoms in total. The van der Waals surface area contributed by atoms with Gasteiger partial charge in [0.1, 0.15) is 5.82 Å². The van der Waals surface area contributed by atoms with Crippen molar-refractivity contribution in [2.75, 3.05) is 7.11 Å². The van der Waals surface area contributed by atoms with Gasteiger partial charge in [-0.2, -0.15) is 0 Å². The van der Waals surface area contributed by atoms with Crippen LogP contribution in [0.1, 0.15) is 31.8 Å². The Hall–Kier alpha value is -5.17. The molecule has 0 saturated carbocycles. The quantitative estimate of drug-likeness (QED) is 0.225. The molecular formula is C33H25FN2O4. The third-order valence-corrected chi connectivity index (χ3v) is 7.17. The lowest BCUT2D eigenvalue weighted by Crippen LogP contribution is -2.04. The van der Waals surface area contributed by atoms with E-state index in [1.165, 1.54) is 7.11 Å². The van der Waals surface area contributed by atoms with Crippen molar-refractivity contribution >= 4 is 33.7 Å². The zero-order chi connectivity index (χ0) is 27.8. The van der Waals surface area contributed by atoms with Crippen molar-refractivity contribution in [2.24, 2.45) is 0 Å². The van der Waals surface area contributed by atoms with Crippen LogP contribution in [0.15, 0.2) is 103 Å². The second-order valence-electron chi connectivity index (χ2n) is 9.75. The molecule has 2 heterocycles. The fourth-order valence-electron chi connectivity index (χ4n) is 5.17. The van der Waals surface area contributed by atoms with E-state index in [9.17, 15) is 14.7 Å². The topological polar surface area (TPSA) is 73.5 Å². The number of benzene rings is 4. The third-order valence-electron chi connectivity index (χ3n) is 7.17. The Morgan fingerprint density at radius 2 is 1.38 bits per heavy atom. The van der Waals surface area contributed by atoms with Gasteiger partial charge in [-0.25, -0.2) is 14.0 Å². The second-order valence-corrected chi connectivity index (χ2v) is 9.75. The van der Waals surface area contributed by atoms with Crippen LogP contribution in [0, 0.1) is 5.82 Å². The first-order chi connectivity index (χ1) is 19.4. The molecule has 0 aliphatic rings. The van der Waals surface area contributed by atoms with Crippen molar-refractivity contribution in [3.8, 4) is 11.1 Å². The number of rotatable bonds is 7. The maximum atomic E-state index is 15.4. The second kappa shape index (κ2) is 10.2. The first-order valence-corrected chi connectivity index (χ1v) is 12.8. The number of nitrogens with zero attached hydrogens (tertiary/aromatic N) is 2. The molecule has 0 unspecified atom stereocenters. The summed E-state index contributed by atoms with van der Waals surface area (Å²) in [7, 11) is 1.36. The van der Waals surface area contributed by atoms with Gasteiger partial charge >= 0.3 is 11.9 Å². The van der Waals surface area contributed by atoms with Crippen LogP contribution in [0.3, 0.4) is 0 Å². The lowest BCUT2D eigenvalue weighted by molar-refractivity contribution is 0.0599. The van der Waals surface area contributed by atoms with Gasteiger partial charge in [-0.1, -0.05) is 36.4 Å². The predicted molar refractivity (Wildman–Crippen MR) is 152 cm³/mol. The molecule has 0 atom stereocenters. The van der Waals surface area contributed by atoms with Gasteiger partial charge in [0, 0.05) is 47.5 Å². The van der Waals surface area contributed by atoms with Crippen LogP contribution < -0.4 is 0 Å². The summed E-state index contributed by atoms with van der Waals surface area (Å²) in [6.07, 6.45) is 3.87. The minimum absolute atomic E-state index is 0.241. The summed E-state index contributed by atoms with van der Waals surface area (Å²) in [6, 6.07) is 27.3. The van der Waals surface area contributed by atoms with Crippen LogP contribution in [0.2, 0.25) is 0 Å². The number of carbonyl (C=O) groups excluding carboxylic acids is 1. The first kappa shape index (κ1) is 25.1. The Kier molecular flexibility index (Phi) is 6.40. The minimum atomic E-state index is -0.965. The number of esters is 1. The van der Waals surface area contributed by atoms with Gasteiger partial charge in [-0.3, -0.25) is 0 Å². The molecule has 0 radical (unpaired) electrons. The summed E-state index contributed by atoms with van der Waals surface area (Å²) in [4.78, 5) is 23.4. The van der Waals surface area contributed by atoms with Crippen LogP contribution in [0.4, 0.5) is 4.39 Å². The number of hydrogen-bond acceptors (Lipinski definition) is 3. The Morgan fingerprint density at radius 3 is 2.05 bits per heavy atom. The molecule has 0 spiro atoms. The Balaban J connectivity index is 1.36. The van der Waals surface area contributed by atoms with Crippen molar-refractivity contribution in [3.05, 3.63) is 131 Å². The van der Waals surface area contributed by atoms with Gasteiger partial charge in [0.15, 0.2) is 0 Å². The number of ether oxygens (including phenoxy) is 1. The average Bonchev–Trinajstić information content (AvgIpc) is 3.55. The number of hydrogen-bond donors (Lipinski definition) is 1. The van der Waals surface area contributed by atoms with Gasteiger partial charge in [0.25, 0.3) is 0 Å². The summed E-state index contributed by atoms with van der Waals surface area (Å²) in [6.45, 7) is 1.000. The largest absolute Gasteiger partial charge is 0.478 e. The lowest BCUT2D eigenvalue weighted by Gasteiger charge is -2.11. The summed E-state index contributed by atoms with van der Waals surface area (Å²) in [5.74, 6) is -1.67. The van der Waals surface area contributed by atoms with E-state index in [0.717, 1.165) is 38.5 Å². The SMILES string of the molecule is COC(=O)c1cccc(Cn2ccc3cc(F)c(-c4ccc5ccn(Cc6cccc(C(=O)O)c6)c5c4)cc32)c1. The lowest BCUT2D eigenvalue weighted by atomic mass is 10.0. The molecule has 0 aliphatic heterocycles. The zero-order valence-corrected chi connectivity index (χ0v) is 21.7. The smallest absolute Gasteiger partial charge is 0.337 e. The molecule has 0 amide bonds. The van der Waals surface area contributed by atoms with Crippen LogP contribution >= 0.6 is 0 Å². The molecule has 2 aromatic heterocycles. The fourth-order valence-corrected chi connectivity index (χ4v) is 5.17. The monoisotopic (exact) mass is 532 g/mol. The molecule has 0 aliphatic carbocycles. The molecule has 6 aromatic rings. The molecule has 4 aromatic carbocycles. The molecule has 1 N–H and O–H groups in total. The zero-order valence-electron chi connectivity index (χ0n) is 21.7. The van der Waals surface area contributed by atoms with Crippen LogP contribution in [0.25, 0.3) is 32.9 Å². The molecule has 40 heavy (non-hydrogen) atoms. The molecular weight excluding hydrogens is 507 g/mol. The van der Waals surface area contributed by atoms with Crippen molar-refractivity contribution in [1.82, 2.24) is 9.13 Å². The van der Waals surface area contributed by atoms with Crippen LogP contribution in [0.5, 0.6) is 0 Å². The number of carboxylic acid groups (broad SMARTS) is 1. The number of carboxylic acids is 1. The number of aromatic nitrogens is 2. The van der Waals surface area contributed by atoms with E-state index in [0.29, 0.717) is 24.2 Å². The summed E-state index contributed by atoms with van der Waals surface area (Å²) in [5, 5.41) is 11.1. The van der Waals surface area contributed by atoms with Crippen molar-refractivity contribution < 1.29 is 23.8 Å². The predicted octanol–water partition coefficient (Wildman–Crippen LogP) is 6.98. The van der Waals surface area contributed by atoms with E-state index in [1.54, 1.807) is 36.4 Å². The highest BCUT2D eigenvalue weighted by molar-refractivity contribution is 5.91. The molecule has 198 valence electrons. The average molecular weight is 533 g/mol. The Bertz CT molecular complexity index is 1920. The maximum absolute atomic E-state index is 15.4. The molecule has 7 heteroatoms. The van der Waals surface area contributed by atoms with Gasteiger partial charge in [0.05, 0.1) is 18.2 Å². The fraction of sp³-hybridized carbons (Fsp3) is 0.0909. The summed E-state index contributed by atoms with van der Waals surface area (Å²) >= 11 is 0. The summed E-state index contributed by atoms with van der Waals surface area (Å²) in [5.41, 5.74) is 5.54. The first-order valence-electron chi connectivity index (χ1n) is 12.8. The van der Waals surface area contributed by atoms with Crippen molar-refractivity contribution in [1.29, 1.82) is 0 Å². The maximum Gasteiger partial charge on any atom is 0.337 e. The minimum Gasteiger partial charge on any atom is -0.478 e. The van der Waals surface area contributed by atoms with E-state index in [1.807, 2.05) is 76.1 Å². The molecule has 0 saturated heterocycles. The highest BCUT2D eigenvalue weighted by atomic mass is 19.1. The van der Waals surface area contributed by atoms with Crippen LogP contribution in [-0.4, -0.2) is 33.3 Å². The third kappa shape index (κ3) is 4.73. The van der Waals surface area contributed by atoms with E-state index in [-0.39, 0.29) is 11.4 Å². The van der Waals surface area contributed by atoms with Crippen molar-refractivity contribution in [3.63, 3.8) is 0 Å². The normalized spacial score (nSPS) is 11.2. The summed E-state index contributed by atoms with van der Waals surface area (Å²) < 4.78 is 24.3. The van der Waals surface area contributed by atoms with E-state index in [2.05, 4.69) is 0 Å². The molecule has 0 fully saturated rings. The van der Waals surface area contributed by atoms with E-state index in [4.69, 9.17) is 4.74 Å². The highest BCUT2D eigenvalue weighted by Crippen LogP contribution is 2.31. The van der Waals surface area contributed by atoms with E-state index >= 15 is 4.39 Å². The number of halogens is 1. The number of methoxy groups -OCH3 is 1. The van der Waals surface area contributed by atoms with Gasteiger partial charge in [-0.15, -0.1) is 0 Å². The van der Waals surface area contributed by atoms with Gasteiger partial charge in [0.2, 0.25) is 0 Å². The van der Waals surface area contributed by atoms with E-state index < -0.39 is 11.9 Å². The number of fused-ring (bicyclic) bond motifs is 2.